The summed E-state index contributed by atoms with van der Waals surface area (Å²) in [4.78, 5) is 16.8. The summed E-state index contributed by atoms with van der Waals surface area (Å²) in [5.74, 6) is -2.48. The number of sulfonamides is 1. The Balaban J connectivity index is 2.13. The van der Waals surface area contributed by atoms with Crippen LogP contribution in [0.3, 0.4) is 0 Å². The molecule has 3 aromatic rings. The monoisotopic (exact) mass is 529 g/mol. The number of sulfone groups is 1. The van der Waals surface area contributed by atoms with Crippen LogP contribution in [-0.4, -0.2) is 40.3 Å². The Kier molecular flexibility index (Phi) is 7.93. The summed E-state index contributed by atoms with van der Waals surface area (Å²) in [6.45, 7) is 8.86. The minimum Gasteiger partial charge on any atom is -0.325 e. The molecule has 0 aliphatic heterocycles. The van der Waals surface area contributed by atoms with Gasteiger partial charge >= 0.3 is 0 Å². The van der Waals surface area contributed by atoms with Crippen molar-refractivity contribution in [3.63, 3.8) is 0 Å². The molecule has 0 fully saturated rings. The minimum absolute atomic E-state index is 0.261. The van der Waals surface area contributed by atoms with Gasteiger partial charge in [-0.25, -0.2) is 26.1 Å². The molecule has 0 heterocycles. The zero-order valence-corrected chi connectivity index (χ0v) is 21.2. The van der Waals surface area contributed by atoms with E-state index in [1.165, 1.54) is 18.2 Å². The molecule has 3 rings (SSSR count). The molecule has 0 radical (unpaired) electrons. The first kappa shape index (κ1) is 27.0. The van der Waals surface area contributed by atoms with Crippen LogP contribution in [0.25, 0.3) is 4.85 Å². The number of amides is 1. The average molecular weight is 530 g/mol. The number of hydrogen-bond acceptors (Lipinski definition) is 5. The van der Waals surface area contributed by atoms with Crippen molar-refractivity contribution in [3.8, 4) is 0 Å². The lowest BCUT2D eigenvalue weighted by Gasteiger charge is -2.32. The van der Waals surface area contributed by atoms with Gasteiger partial charge < -0.3 is 5.32 Å². The average Bonchev–Trinajstić information content (AvgIpc) is 2.78. The van der Waals surface area contributed by atoms with Crippen LogP contribution in [0.15, 0.2) is 77.7 Å². The first-order valence-corrected chi connectivity index (χ1v) is 14.2. The van der Waals surface area contributed by atoms with Gasteiger partial charge in [-0.1, -0.05) is 36.4 Å². The molecule has 0 aliphatic rings. The Hall–Kier alpha value is -3.59. The summed E-state index contributed by atoms with van der Waals surface area (Å²) in [7, 11) is -8.37. The van der Waals surface area contributed by atoms with Crippen LogP contribution >= 0.6 is 0 Å². The molecule has 0 bridgehead atoms. The van der Waals surface area contributed by atoms with Crippen molar-refractivity contribution in [3.05, 3.63) is 101 Å². The van der Waals surface area contributed by atoms with Crippen LogP contribution in [0.4, 0.5) is 15.8 Å². The summed E-state index contributed by atoms with van der Waals surface area (Å²) in [6.07, 6.45) is 0.547. The molecular formula is C25H24FN3O5S2. The molecule has 8 nitrogen and oxygen atoms in total. The Labute approximate surface area is 210 Å². The molecule has 0 saturated heterocycles. The Morgan fingerprint density at radius 2 is 1.64 bits per heavy atom. The second-order valence-corrected chi connectivity index (χ2v) is 12.1. The van der Waals surface area contributed by atoms with Crippen molar-refractivity contribution in [2.75, 3.05) is 17.3 Å². The number of carbonyl (C=O) groups is 1. The summed E-state index contributed by atoms with van der Waals surface area (Å²) < 4.78 is 67.3. The molecule has 0 saturated carbocycles. The highest BCUT2D eigenvalue weighted by atomic mass is 32.2. The van der Waals surface area contributed by atoms with Gasteiger partial charge in [0, 0.05) is 12.1 Å². The molecule has 0 aliphatic carbocycles. The third kappa shape index (κ3) is 6.75. The van der Waals surface area contributed by atoms with E-state index in [0.29, 0.717) is 16.8 Å². The van der Waals surface area contributed by atoms with Crippen LogP contribution in [0.1, 0.15) is 11.1 Å². The molecule has 3 aromatic carbocycles. The lowest BCUT2D eigenvalue weighted by molar-refractivity contribution is -0.121. The van der Waals surface area contributed by atoms with Gasteiger partial charge in [0.15, 0.2) is 15.5 Å². The third-order valence-corrected chi connectivity index (χ3v) is 7.97. The fourth-order valence-electron chi connectivity index (χ4n) is 3.77. The maximum absolute atomic E-state index is 13.7. The topological polar surface area (TPSA) is 114 Å². The van der Waals surface area contributed by atoms with Crippen molar-refractivity contribution >= 4 is 37.1 Å². The second-order valence-electron chi connectivity index (χ2n) is 8.40. The van der Waals surface area contributed by atoms with Crippen LogP contribution in [0.2, 0.25) is 0 Å². The highest BCUT2D eigenvalue weighted by Crippen LogP contribution is 2.26. The lowest BCUT2D eigenvalue weighted by atomic mass is 9.92. The van der Waals surface area contributed by atoms with Gasteiger partial charge in [0.2, 0.25) is 15.9 Å². The Bertz CT molecular complexity index is 1520. The van der Waals surface area contributed by atoms with Gasteiger partial charge in [0.05, 0.1) is 23.5 Å². The summed E-state index contributed by atoms with van der Waals surface area (Å²) >= 11 is 0. The van der Waals surface area contributed by atoms with E-state index in [0.717, 1.165) is 30.5 Å². The zero-order chi connectivity index (χ0) is 26.6. The number of rotatable bonds is 9. The molecule has 1 atom stereocenters. The van der Waals surface area contributed by atoms with Crippen LogP contribution < -0.4 is 10.0 Å². The molecular weight excluding hydrogens is 505 g/mol. The van der Waals surface area contributed by atoms with E-state index < -0.39 is 42.9 Å². The molecule has 1 unspecified atom stereocenters. The highest BCUT2D eigenvalue weighted by molar-refractivity contribution is 7.91. The largest absolute Gasteiger partial charge is 0.325 e. The second kappa shape index (κ2) is 10.6. The van der Waals surface area contributed by atoms with Crippen molar-refractivity contribution in [2.24, 2.45) is 0 Å². The predicted molar refractivity (Wildman–Crippen MR) is 135 cm³/mol. The van der Waals surface area contributed by atoms with E-state index in [2.05, 4.69) is 14.9 Å². The summed E-state index contributed by atoms with van der Waals surface area (Å²) in [6, 6.07) is 16.9. The normalized spacial score (nSPS) is 13.4. The van der Waals surface area contributed by atoms with Gasteiger partial charge in [-0.05, 0) is 54.4 Å². The fourth-order valence-corrected chi connectivity index (χ4v) is 6.48. The minimum atomic E-state index is -4.28. The molecule has 11 heteroatoms. The Morgan fingerprint density at radius 3 is 2.19 bits per heavy atom. The van der Waals surface area contributed by atoms with Gasteiger partial charge in [0.25, 0.3) is 0 Å². The molecule has 36 heavy (non-hydrogen) atoms. The number of aryl methyl sites for hydroxylation is 1. The maximum Gasteiger partial charge on any atom is 0.247 e. The van der Waals surface area contributed by atoms with Crippen molar-refractivity contribution in [1.82, 2.24) is 4.72 Å². The van der Waals surface area contributed by atoms with E-state index in [-0.39, 0.29) is 17.0 Å². The van der Waals surface area contributed by atoms with E-state index in [1.807, 2.05) is 0 Å². The molecule has 1 amide bonds. The highest BCUT2D eigenvalue weighted by Gasteiger charge is 2.45. The summed E-state index contributed by atoms with van der Waals surface area (Å²) in [5.41, 5.74) is -0.438. The van der Waals surface area contributed by atoms with E-state index >= 15 is 0 Å². The van der Waals surface area contributed by atoms with Crippen molar-refractivity contribution in [1.29, 1.82) is 0 Å². The third-order valence-electron chi connectivity index (χ3n) is 5.35. The van der Waals surface area contributed by atoms with E-state index in [1.54, 1.807) is 37.3 Å². The van der Waals surface area contributed by atoms with Gasteiger partial charge in [0.1, 0.15) is 11.4 Å². The molecule has 188 valence electrons. The number of halogens is 1. The van der Waals surface area contributed by atoms with E-state index in [9.17, 15) is 26.0 Å². The SMILES string of the molecule is [C-]#[N+]c1ccc(NC(=O)C(Cc2ccccc2)(CS(=O)(=O)c2ccc(F)cc2)NS(C)(=O)=O)cc1C. The lowest BCUT2D eigenvalue weighted by Crippen LogP contribution is -2.61. The van der Waals surface area contributed by atoms with Crippen LogP contribution in [0.5, 0.6) is 0 Å². The molecule has 0 spiro atoms. The summed E-state index contributed by atoms with van der Waals surface area (Å²) in [5, 5.41) is 2.61. The number of anilines is 1. The molecule has 2 N–H and O–H groups in total. The fraction of sp³-hybridized carbons (Fsp3) is 0.200. The van der Waals surface area contributed by atoms with Crippen LogP contribution in [-0.2, 0) is 31.1 Å². The first-order valence-electron chi connectivity index (χ1n) is 10.6. The van der Waals surface area contributed by atoms with E-state index in [4.69, 9.17) is 6.57 Å². The smallest absolute Gasteiger partial charge is 0.247 e. The van der Waals surface area contributed by atoms with Crippen LogP contribution in [0, 0.1) is 19.3 Å². The van der Waals surface area contributed by atoms with Gasteiger partial charge in [-0.3, -0.25) is 4.79 Å². The number of benzene rings is 3. The maximum atomic E-state index is 13.7. The van der Waals surface area contributed by atoms with Gasteiger partial charge in [-0.15, -0.1) is 0 Å². The number of carbonyl (C=O) groups excluding carboxylic acids is 1. The first-order chi connectivity index (χ1) is 16.8. The number of hydrogen-bond donors (Lipinski definition) is 2. The Morgan fingerprint density at radius 1 is 1.00 bits per heavy atom. The van der Waals surface area contributed by atoms with Gasteiger partial charge in [-0.2, -0.15) is 4.72 Å². The van der Waals surface area contributed by atoms with Crippen molar-refractivity contribution in [2.45, 2.75) is 23.8 Å². The zero-order valence-electron chi connectivity index (χ0n) is 19.5. The van der Waals surface area contributed by atoms with Crippen molar-refractivity contribution < 1.29 is 26.0 Å². The number of nitrogens with one attached hydrogen (secondary N) is 2. The predicted octanol–water partition coefficient (Wildman–Crippen LogP) is 3.63. The standard InChI is InChI=1S/C25H24FN3O5S2/c1-18-15-21(11-14-23(18)27-2)28-24(30)25(29-35(3,31)32,16-19-7-5-4-6-8-19)17-36(33,34)22-12-9-20(26)10-13-22/h4-15,29H,16-17H2,1,3H3,(H,28,30). The number of nitrogens with zero attached hydrogens (tertiary/aromatic N) is 1. The molecule has 0 aromatic heterocycles. The quantitative estimate of drug-likeness (QED) is 0.325.